The number of Topliss-reactive ketones (excluding diaryl/α,β-unsaturated/α-hetero) is 1. The molecule has 0 unspecified atom stereocenters. The number of hydrogen-bond donors (Lipinski definition) is 2. The molecule has 2 rings (SSSR count). The molecule has 0 bridgehead atoms. The molecular formula is C19H22N2O4S. The zero-order chi connectivity index (χ0) is 19.3. The van der Waals surface area contributed by atoms with E-state index in [-0.39, 0.29) is 22.6 Å². The second kappa shape index (κ2) is 8.25. The van der Waals surface area contributed by atoms with Gasteiger partial charge in [-0.25, -0.2) is 13.1 Å². The van der Waals surface area contributed by atoms with Crippen LogP contribution in [0, 0.1) is 0 Å². The minimum Gasteiger partial charge on any atom is -0.322 e. The zero-order valence-corrected chi connectivity index (χ0v) is 15.8. The van der Waals surface area contributed by atoms with Crippen LogP contribution in [0.5, 0.6) is 0 Å². The normalized spacial score (nSPS) is 12.4. The highest BCUT2D eigenvalue weighted by atomic mass is 32.2. The molecule has 0 aliphatic rings. The van der Waals surface area contributed by atoms with E-state index in [0.29, 0.717) is 23.2 Å². The van der Waals surface area contributed by atoms with Gasteiger partial charge in [0, 0.05) is 22.9 Å². The molecule has 0 saturated heterocycles. The first-order valence-electron chi connectivity index (χ1n) is 8.27. The molecule has 0 aliphatic carbocycles. The molecule has 0 radical (unpaired) electrons. The van der Waals surface area contributed by atoms with Crippen LogP contribution in [0.4, 0.5) is 5.69 Å². The maximum Gasteiger partial charge on any atom is 0.255 e. The van der Waals surface area contributed by atoms with Gasteiger partial charge in [0.25, 0.3) is 5.91 Å². The summed E-state index contributed by atoms with van der Waals surface area (Å²) in [7, 11) is -3.61. The van der Waals surface area contributed by atoms with Crippen molar-refractivity contribution < 1.29 is 18.0 Å². The first-order valence-corrected chi connectivity index (χ1v) is 9.76. The van der Waals surface area contributed by atoms with Crippen LogP contribution in [0.2, 0.25) is 0 Å². The number of benzene rings is 2. The number of amides is 1. The second-order valence-electron chi connectivity index (χ2n) is 6.05. The summed E-state index contributed by atoms with van der Waals surface area (Å²) in [5.41, 5.74) is 1.32. The number of hydrogen-bond acceptors (Lipinski definition) is 4. The van der Waals surface area contributed by atoms with Crippen molar-refractivity contribution in [3.8, 4) is 0 Å². The monoisotopic (exact) mass is 374 g/mol. The molecule has 0 saturated carbocycles. The molecule has 2 aromatic carbocycles. The predicted molar refractivity (Wildman–Crippen MR) is 101 cm³/mol. The lowest BCUT2D eigenvalue weighted by molar-refractivity contribution is 0.101. The Hall–Kier alpha value is -2.51. The zero-order valence-electron chi connectivity index (χ0n) is 14.9. The molecule has 0 fully saturated rings. The van der Waals surface area contributed by atoms with Gasteiger partial charge in [-0.2, -0.15) is 0 Å². The van der Waals surface area contributed by atoms with E-state index >= 15 is 0 Å². The Morgan fingerprint density at radius 2 is 1.69 bits per heavy atom. The summed E-state index contributed by atoms with van der Waals surface area (Å²) in [6.07, 6.45) is 0.680. The van der Waals surface area contributed by atoms with E-state index in [1.807, 2.05) is 6.92 Å². The molecule has 0 aromatic heterocycles. The molecule has 0 aliphatic heterocycles. The molecule has 2 aromatic rings. The number of carbonyl (C=O) groups excluding carboxylic acids is 2. The van der Waals surface area contributed by atoms with Gasteiger partial charge in [-0.1, -0.05) is 19.1 Å². The summed E-state index contributed by atoms with van der Waals surface area (Å²) in [6, 6.07) is 12.2. The van der Waals surface area contributed by atoms with Crippen LogP contribution in [0.25, 0.3) is 0 Å². The van der Waals surface area contributed by atoms with E-state index in [2.05, 4.69) is 10.0 Å². The number of carbonyl (C=O) groups is 2. The third-order valence-electron chi connectivity index (χ3n) is 3.92. The van der Waals surface area contributed by atoms with Gasteiger partial charge in [0.05, 0.1) is 4.90 Å². The average molecular weight is 374 g/mol. The van der Waals surface area contributed by atoms with E-state index in [9.17, 15) is 18.0 Å². The SMILES string of the molecule is CC[C@H](C)NS(=O)(=O)c1ccc(C(=O)Nc2cccc(C(C)=O)c2)cc1. The molecule has 1 atom stereocenters. The quantitative estimate of drug-likeness (QED) is 0.728. The van der Waals surface area contributed by atoms with Crippen molar-refractivity contribution in [2.75, 3.05) is 5.32 Å². The highest BCUT2D eigenvalue weighted by molar-refractivity contribution is 7.89. The number of ketones is 1. The number of rotatable bonds is 7. The Morgan fingerprint density at radius 1 is 1.04 bits per heavy atom. The van der Waals surface area contributed by atoms with Crippen LogP contribution in [0.3, 0.4) is 0 Å². The van der Waals surface area contributed by atoms with Crippen molar-refractivity contribution in [1.29, 1.82) is 0 Å². The summed E-state index contributed by atoms with van der Waals surface area (Å²) in [5.74, 6) is -0.478. The predicted octanol–water partition coefficient (Wildman–Crippen LogP) is 3.22. The van der Waals surface area contributed by atoms with Crippen molar-refractivity contribution in [2.24, 2.45) is 0 Å². The summed E-state index contributed by atoms with van der Waals surface area (Å²) in [6.45, 7) is 5.13. The van der Waals surface area contributed by atoms with E-state index < -0.39 is 10.0 Å². The third-order valence-corrected chi connectivity index (χ3v) is 5.53. The molecule has 7 heteroatoms. The highest BCUT2D eigenvalue weighted by Crippen LogP contribution is 2.15. The molecule has 0 spiro atoms. The fourth-order valence-electron chi connectivity index (χ4n) is 2.22. The van der Waals surface area contributed by atoms with Gasteiger partial charge in [0.2, 0.25) is 10.0 Å². The number of nitrogens with one attached hydrogen (secondary N) is 2. The fourth-order valence-corrected chi connectivity index (χ4v) is 3.55. The van der Waals surface area contributed by atoms with Crippen LogP contribution in [0.1, 0.15) is 47.9 Å². The lowest BCUT2D eigenvalue weighted by Crippen LogP contribution is -2.32. The van der Waals surface area contributed by atoms with Crippen molar-refractivity contribution in [2.45, 2.75) is 38.1 Å². The Labute approximate surface area is 153 Å². The largest absolute Gasteiger partial charge is 0.322 e. The lowest BCUT2D eigenvalue weighted by Gasteiger charge is -2.12. The van der Waals surface area contributed by atoms with Gasteiger partial charge in [-0.05, 0) is 56.7 Å². The van der Waals surface area contributed by atoms with E-state index in [0.717, 1.165) is 0 Å². The van der Waals surface area contributed by atoms with Gasteiger partial charge in [0.15, 0.2) is 5.78 Å². The van der Waals surface area contributed by atoms with Gasteiger partial charge >= 0.3 is 0 Å². The molecular weight excluding hydrogens is 352 g/mol. The Balaban J connectivity index is 2.14. The summed E-state index contributed by atoms with van der Waals surface area (Å²) < 4.78 is 27.0. The van der Waals surface area contributed by atoms with Gasteiger partial charge in [-0.3, -0.25) is 9.59 Å². The van der Waals surface area contributed by atoms with E-state index in [4.69, 9.17) is 0 Å². The Morgan fingerprint density at radius 3 is 2.27 bits per heavy atom. The smallest absolute Gasteiger partial charge is 0.255 e. The van der Waals surface area contributed by atoms with Gasteiger partial charge in [0.1, 0.15) is 0 Å². The number of sulfonamides is 1. The second-order valence-corrected chi connectivity index (χ2v) is 7.76. The van der Waals surface area contributed by atoms with Crippen LogP contribution >= 0.6 is 0 Å². The topological polar surface area (TPSA) is 92.3 Å². The first kappa shape index (κ1) is 19.8. The molecule has 2 N–H and O–H groups in total. The van der Waals surface area contributed by atoms with Crippen LogP contribution in [-0.4, -0.2) is 26.2 Å². The van der Waals surface area contributed by atoms with Crippen LogP contribution in [-0.2, 0) is 10.0 Å². The average Bonchev–Trinajstić information content (AvgIpc) is 2.61. The molecule has 1 amide bonds. The lowest BCUT2D eigenvalue weighted by atomic mass is 10.1. The van der Waals surface area contributed by atoms with Crippen molar-refractivity contribution in [3.63, 3.8) is 0 Å². The van der Waals surface area contributed by atoms with Crippen LogP contribution < -0.4 is 10.0 Å². The van der Waals surface area contributed by atoms with Crippen molar-refractivity contribution >= 4 is 27.4 Å². The molecule has 138 valence electrons. The highest BCUT2D eigenvalue weighted by Gasteiger charge is 2.17. The summed E-state index contributed by atoms with van der Waals surface area (Å²) >= 11 is 0. The van der Waals surface area contributed by atoms with E-state index in [1.165, 1.54) is 31.2 Å². The summed E-state index contributed by atoms with van der Waals surface area (Å²) in [5, 5.41) is 2.70. The Bertz CT molecular complexity index is 905. The maximum atomic E-state index is 12.3. The maximum absolute atomic E-state index is 12.3. The number of anilines is 1. The fraction of sp³-hybridized carbons (Fsp3) is 0.263. The van der Waals surface area contributed by atoms with E-state index in [1.54, 1.807) is 31.2 Å². The van der Waals surface area contributed by atoms with Crippen molar-refractivity contribution in [1.82, 2.24) is 4.72 Å². The van der Waals surface area contributed by atoms with Crippen molar-refractivity contribution in [3.05, 3.63) is 59.7 Å². The minimum atomic E-state index is -3.61. The minimum absolute atomic E-state index is 0.0931. The molecule has 26 heavy (non-hydrogen) atoms. The molecule has 0 heterocycles. The first-order chi connectivity index (χ1) is 12.2. The van der Waals surface area contributed by atoms with Gasteiger partial charge in [-0.15, -0.1) is 0 Å². The molecule has 6 nitrogen and oxygen atoms in total. The summed E-state index contributed by atoms with van der Waals surface area (Å²) in [4.78, 5) is 23.8. The Kier molecular flexibility index (Phi) is 6.28. The third kappa shape index (κ3) is 5.00. The standard InChI is InChI=1S/C19H22N2O4S/c1-4-13(2)21-26(24,25)18-10-8-15(9-11-18)19(23)20-17-7-5-6-16(12-17)14(3)22/h5-13,21H,4H2,1-3H3,(H,20,23)/t13-/m0/s1. The van der Waals surface area contributed by atoms with Gasteiger partial charge < -0.3 is 5.32 Å². The van der Waals surface area contributed by atoms with Crippen LogP contribution in [0.15, 0.2) is 53.4 Å².